The van der Waals surface area contributed by atoms with Crippen molar-refractivity contribution in [3.63, 3.8) is 0 Å². The maximum absolute atomic E-state index is 13.9. The van der Waals surface area contributed by atoms with E-state index in [9.17, 15) is 23.1 Å². The normalized spacial score (nSPS) is 11.4. The number of hydrogen-bond acceptors (Lipinski definition) is 4. The van der Waals surface area contributed by atoms with Crippen molar-refractivity contribution >= 4 is 5.91 Å². The van der Waals surface area contributed by atoms with Gasteiger partial charge in [-0.3, -0.25) is 4.79 Å². The number of imidazole rings is 1. The largest absolute Gasteiger partial charge is 0.497 e. The Kier molecular flexibility index (Phi) is 8.36. The molecule has 0 radical (unpaired) electrons. The number of aryl methyl sites for hydroxylation is 1. The van der Waals surface area contributed by atoms with E-state index in [0.717, 1.165) is 34.4 Å². The molecule has 0 unspecified atom stereocenters. The van der Waals surface area contributed by atoms with E-state index in [0.29, 0.717) is 39.7 Å². The van der Waals surface area contributed by atoms with Gasteiger partial charge >= 0.3 is 6.18 Å². The molecule has 5 aromatic rings. The Morgan fingerprint density at radius 2 is 1.51 bits per heavy atom. The lowest BCUT2D eigenvalue weighted by atomic mass is 10.0. The topological polar surface area (TPSA) is 76.4 Å². The molecule has 0 aliphatic rings. The molecule has 1 amide bonds. The van der Waals surface area contributed by atoms with Crippen molar-refractivity contribution in [2.75, 3.05) is 14.2 Å². The number of carbonyl (C=O) groups is 1. The third kappa shape index (κ3) is 6.32. The Labute approximate surface area is 247 Å². The lowest BCUT2D eigenvalue weighted by molar-refractivity contribution is -0.137. The number of carbonyl (C=O) groups excluding carboxylic acids is 1. The van der Waals surface area contributed by atoms with Crippen LogP contribution in [0.25, 0.3) is 33.9 Å². The summed E-state index contributed by atoms with van der Waals surface area (Å²) in [6, 6.07) is 25.6. The summed E-state index contributed by atoms with van der Waals surface area (Å²) in [7, 11) is 3.13. The average Bonchev–Trinajstić information content (AvgIpc) is 3.39. The Balaban J connectivity index is 1.78. The predicted molar refractivity (Wildman–Crippen MR) is 160 cm³/mol. The second kappa shape index (κ2) is 12.1. The number of aliphatic hydroxyl groups is 1. The molecule has 43 heavy (non-hydrogen) atoms. The zero-order valence-electron chi connectivity index (χ0n) is 23.9. The minimum Gasteiger partial charge on any atom is -0.497 e. The highest BCUT2D eigenvalue weighted by Gasteiger charge is 2.32. The fourth-order valence-corrected chi connectivity index (χ4v) is 5.00. The summed E-state index contributed by atoms with van der Waals surface area (Å²) in [6.45, 7) is 1.77. The number of nitrogens with one attached hydrogen (secondary N) is 1. The number of aromatic nitrogens is 2. The monoisotopic (exact) mass is 585 g/mol. The van der Waals surface area contributed by atoms with E-state index in [2.05, 4.69) is 5.32 Å². The van der Waals surface area contributed by atoms with Crippen molar-refractivity contribution < 1.29 is 27.8 Å². The van der Waals surface area contributed by atoms with E-state index in [1.54, 1.807) is 51.4 Å². The number of methoxy groups -OCH3 is 1. The molecule has 0 fully saturated rings. The Morgan fingerprint density at radius 3 is 2.09 bits per heavy atom. The molecule has 4 aromatic carbocycles. The average molecular weight is 586 g/mol. The van der Waals surface area contributed by atoms with Gasteiger partial charge in [0.2, 0.25) is 0 Å². The first-order valence-corrected chi connectivity index (χ1v) is 13.6. The first-order chi connectivity index (χ1) is 20.6. The molecule has 0 bridgehead atoms. The number of hydrogen-bond donors (Lipinski definition) is 2. The molecule has 2 N–H and O–H groups in total. The van der Waals surface area contributed by atoms with Gasteiger partial charge in [0.1, 0.15) is 11.6 Å². The number of halogens is 3. The van der Waals surface area contributed by atoms with Crippen molar-refractivity contribution in [1.82, 2.24) is 14.9 Å². The molecule has 0 spiro atoms. The molecule has 0 aliphatic carbocycles. The highest BCUT2D eigenvalue weighted by Crippen LogP contribution is 2.39. The van der Waals surface area contributed by atoms with Gasteiger partial charge in [0.25, 0.3) is 5.91 Å². The molecule has 0 aliphatic heterocycles. The number of aliphatic hydroxyl groups excluding tert-OH is 1. The summed E-state index contributed by atoms with van der Waals surface area (Å²) in [6.07, 6.45) is -4.53. The second-order valence-electron chi connectivity index (χ2n) is 10.2. The SMILES string of the molecule is CNC(=O)c1ccc(Cn2c(-c3cc(C)cc(C(F)(F)F)c3)nc(-c3ccc(CO)cc3)c2-c2ccc(OC)cc2)cc1. The van der Waals surface area contributed by atoms with Gasteiger partial charge in [0, 0.05) is 35.8 Å². The van der Waals surface area contributed by atoms with Crippen LogP contribution in [0.5, 0.6) is 5.75 Å². The van der Waals surface area contributed by atoms with Crippen molar-refractivity contribution in [3.8, 4) is 39.7 Å². The highest BCUT2D eigenvalue weighted by molar-refractivity contribution is 5.94. The smallest absolute Gasteiger partial charge is 0.416 e. The minimum atomic E-state index is -4.53. The summed E-state index contributed by atoms with van der Waals surface area (Å²) in [5, 5.41) is 12.2. The third-order valence-electron chi connectivity index (χ3n) is 7.19. The summed E-state index contributed by atoms with van der Waals surface area (Å²) < 4.78 is 49.0. The van der Waals surface area contributed by atoms with Crippen molar-refractivity contribution in [1.29, 1.82) is 0 Å². The van der Waals surface area contributed by atoms with Gasteiger partial charge in [-0.05, 0) is 78.2 Å². The van der Waals surface area contributed by atoms with Crippen LogP contribution in [0.3, 0.4) is 0 Å². The zero-order valence-corrected chi connectivity index (χ0v) is 23.9. The molecule has 9 heteroatoms. The van der Waals surface area contributed by atoms with E-state index >= 15 is 0 Å². The predicted octanol–water partition coefficient (Wildman–Crippen LogP) is 7.12. The van der Waals surface area contributed by atoms with Crippen LogP contribution in [-0.4, -0.2) is 34.7 Å². The maximum atomic E-state index is 13.9. The summed E-state index contributed by atoms with van der Waals surface area (Å²) in [5.41, 5.74) is 4.84. The zero-order chi connectivity index (χ0) is 30.7. The van der Waals surface area contributed by atoms with Crippen LogP contribution in [-0.2, 0) is 19.3 Å². The number of amides is 1. The second-order valence-corrected chi connectivity index (χ2v) is 10.2. The lowest BCUT2D eigenvalue weighted by Gasteiger charge is -2.16. The van der Waals surface area contributed by atoms with Gasteiger partial charge in [0.15, 0.2) is 0 Å². The Hall–Kier alpha value is -4.89. The maximum Gasteiger partial charge on any atom is 0.416 e. The fraction of sp³-hybridized carbons (Fsp3) is 0.176. The van der Waals surface area contributed by atoms with Crippen LogP contribution >= 0.6 is 0 Å². The molecule has 5 rings (SSSR count). The van der Waals surface area contributed by atoms with Gasteiger partial charge in [-0.2, -0.15) is 13.2 Å². The third-order valence-corrected chi connectivity index (χ3v) is 7.19. The van der Waals surface area contributed by atoms with E-state index in [-0.39, 0.29) is 19.1 Å². The highest BCUT2D eigenvalue weighted by atomic mass is 19.4. The molecule has 1 aromatic heterocycles. The van der Waals surface area contributed by atoms with Gasteiger partial charge < -0.3 is 19.7 Å². The minimum absolute atomic E-state index is 0.124. The summed E-state index contributed by atoms with van der Waals surface area (Å²) >= 11 is 0. The molecular formula is C34H30F3N3O3. The standard InChI is InChI=1S/C34H30F3N3O3/c1-21-16-27(18-28(17-21)34(35,36)37)32-39-30(24-8-6-23(20-41)7-9-24)31(25-12-14-29(43-3)15-13-25)40(32)19-22-4-10-26(11-5-22)33(42)38-2/h4-18,41H,19-20H2,1-3H3,(H,38,42). The molecule has 0 saturated carbocycles. The Bertz CT molecular complexity index is 1740. The van der Waals surface area contributed by atoms with E-state index < -0.39 is 11.7 Å². The molecule has 1 heterocycles. The number of benzene rings is 4. The van der Waals surface area contributed by atoms with Crippen molar-refractivity contribution in [3.05, 3.63) is 119 Å². The quantitative estimate of drug-likeness (QED) is 0.203. The van der Waals surface area contributed by atoms with Crippen LogP contribution in [0.1, 0.15) is 32.6 Å². The molecule has 220 valence electrons. The van der Waals surface area contributed by atoms with Crippen LogP contribution < -0.4 is 10.1 Å². The van der Waals surface area contributed by atoms with Crippen molar-refractivity contribution in [2.24, 2.45) is 0 Å². The summed E-state index contributed by atoms with van der Waals surface area (Å²) in [4.78, 5) is 17.1. The molecule has 6 nitrogen and oxygen atoms in total. The number of ether oxygens (including phenoxy) is 1. The van der Waals surface area contributed by atoms with E-state index in [4.69, 9.17) is 9.72 Å². The van der Waals surface area contributed by atoms with Gasteiger partial charge in [-0.1, -0.05) is 36.4 Å². The fourth-order valence-electron chi connectivity index (χ4n) is 5.00. The lowest BCUT2D eigenvalue weighted by Crippen LogP contribution is -2.17. The van der Waals surface area contributed by atoms with E-state index in [1.807, 2.05) is 53.1 Å². The Morgan fingerprint density at radius 1 is 0.884 bits per heavy atom. The van der Waals surface area contributed by atoms with Crippen LogP contribution in [0.4, 0.5) is 13.2 Å². The van der Waals surface area contributed by atoms with Crippen LogP contribution in [0, 0.1) is 6.92 Å². The molecular weight excluding hydrogens is 555 g/mol. The first kappa shape index (κ1) is 29.6. The van der Waals surface area contributed by atoms with Gasteiger partial charge in [-0.25, -0.2) is 4.98 Å². The van der Waals surface area contributed by atoms with Gasteiger partial charge in [0.05, 0.1) is 30.7 Å². The van der Waals surface area contributed by atoms with Gasteiger partial charge in [-0.15, -0.1) is 0 Å². The summed E-state index contributed by atoms with van der Waals surface area (Å²) in [5.74, 6) is 0.792. The van der Waals surface area contributed by atoms with Crippen LogP contribution in [0.15, 0.2) is 91.0 Å². The number of rotatable bonds is 8. The van der Waals surface area contributed by atoms with Crippen LogP contribution in [0.2, 0.25) is 0 Å². The molecule has 0 atom stereocenters. The van der Waals surface area contributed by atoms with Crippen molar-refractivity contribution in [2.45, 2.75) is 26.3 Å². The number of nitrogens with zero attached hydrogens (tertiary/aromatic N) is 2. The van der Waals surface area contributed by atoms with E-state index in [1.165, 1.54) is 0 Å². The number of alkyl halides is 3. The molecule has 0 saturated heterocycles. The first-order valence-electron chi connectivity index (χ1n) is 13.6.